The second-order valence-corrected chi connectivity index (χ2v) is 4.37. The molecule has 78 valence electrons. The number of anilines is 1. The Labute approximate surface area is 93.7 Å². The van der Waals surface area contributed by atoms with Crippen LogP contribution in [0.15, 0.2) is 11.2 Å². The van der Waals surface area contributed by atoms with E-state index in [2.05, 4.69) is 29.1 Å². The van der Waals surface area contributed by atoms with E-state index in [0.29, 0.717) is 11.0 Å². The van der Waals surface area contributed by atoms with Crippen molar-refractivity contribution in [2.45, 2.75) is 25.3 Å². The minimum absolute atomic E-state index is 0.624. The normalized spacial score (nSPS) is 10.2. The number of hydrogen-bond donors (Lipinski definition) is 1. The maximum absolute atomic E-state index is 5.94. The lowest BCUT2D eigenvalue weighted by molar-refractivity contribution is 0.935. The van der Waals surface area contributed by atoms with Gasteiger partial charge >= 0.3 is 0 Å². The van der Waals surface area contributed by atoms with Crippen LogP contribution in [0, 0.1) is 0 Å². The van der Waals surface area contributed by atoms with Crippen LogP contribution in [0.1, 0.15) is 20.3 Å². The molecule has 3 nitrogen and oxygen atoms in total. The number of thioether (sulfide) groups is 1. The molecule has 0 bridgehead atoms. The van der Waals surface area contributed by atoms with Crippen LogP contribution in [-0.4, -0.2) is 22.3 Å². The molecule has 1 N–H and O–H groups in total. The van der Waals surface area contributed by atoms with Crippen LogP contribution < -0.4 is 5.32 Å². The first-order valence-corrected chi connectivity index (χ1v) is 6.03. The zero-order valence-corrected chi connectivity index (χ0v) is 9.95. The molecule has 0 aromatic carbocycles. The van der Waals surface area contributed by atoms with Crippen LogP contribution >= 0.6 is 23.4 Å². The quantitative estimate of drug-likeness (QED) is 0.625. The molecule has 0 saturated heterocycles. The van der Waals surface area contributed by atoms with Crippen molar-refractivity contribution in [1.82, 2.24) is 9.97 Å². The third-order valence-electron chi connectivity index (χ3n) is 1.53. The van der Waals surface area contributed by atoms with Crippen molar-refractivity contribution in [1.29, 1.82) is 0 Å². The number of hydrogen-bond acceptors (Lipinski definition) is 4. The van der Waals surface area contributed by atoms with Gasteiger partial charge < -0.3 is 5.32 Å². The molecule has 0 atom stereocenters. The standard InChI is InChI=1S/C9H14ClN3S/c1-3-5-11-9-12-6-7(10)8(13-9)14-4-2/h6H,3-5H2,1-2H3,(H,11,12,13). The highest BCUT2D eigenvalue weighted by atomic mass is 35.5. The Morgan fingerprint density at radius 3 is 2.93 bits per heavy atom. The van der Waals surface area contributed by atoms with Gasteiger partial charge in [-0.2, -0.15) is 0 Å². The van der Waals surface area contributed by atoms with E-state index in [0.717, 1.165) is 23.7 Å². The van der Waals surface area contributed by atoms with Crippen molar-refractivity contribution < 1.29 is 0 Å². The Kier molecular flexibility index (Phi) is 5.04. The Morgan fingerprint density at radius 2 is 2.29 bits per heavy atom. The summed E-state index contributed by atoms with van der Waals surface area (Å²) in [6.45, 7) is 5.06. The van der Waals surface area contributed by atoms with E-state index in [9.17, 15) is 0 Å². The van der Waals surface area contributed by atoms with Crippen molar-refractivity contribution in [3.8, 4) is 0 Å². The van der Waals surface area contributed by atoms with E-state index in [1.54, 1.807) is 18.0 Å². The summed E-state index contributed by atoms with van der Waals surface area (Å²) in [4.78, 5) is 8.40. The molecule has 14 heavy (non-hydrogen) atoms. The van der Waals surface area contributed by atoms with Crippen LogP contribution in [-0.2, 0) is 0 Å². The van der Waals surface area contributed by atoms with Gasteiger partial charge in [-0.1, -0.05) is 25.4 Å². The van der Waals surface area contributed by atoms with Gasteiger partial charge in [-0.05, 0) is 12.2 Å². The third-order valence-corrected chi connectivity index (χ3v) is 2.79. The Bertz CT molecular complexity index is 293. The van der Waals surface area contributed by atoms with Crippen LogP contribution in [0.25, 0.3) is 0 Å². The highest BCUT2D eigenvalue weighted by molar-refractivity contribution is 7.99. The van der Waals surface area contributed by atoms with Crippen molar-refractivity contribution in [3.05, 3.63) is 11.2 Å². The van der Waals surface area contributed by atoms with Gasteiger partial charge in [0.25, 0.3) is 0 Å². The lowest BCUT2D eigenvalue weighted by Gasteiger charge is -2.05. The molecule has 0 amide bonds. The van der Waals surface area contributed by atoms with E-state index < -0.39 is 0 Å². The van der Waals surface area contributed by atoms with Gasteiger partial charge in [-0.25, -0.2) is 9.97 Å². The van der Waals surface area contributed by atoms with E-state index in [1.165, 1.54) is 0 Å². The zero-order valence-electron chi connectivity index (χ0n) is 8.38. The number of aromatic nitrogens is 2. The average molecular weight is 232 g/mol. The fourth-order valence-corrected chi connectivity index (χ4v) is 1.78. The zero-order chi connectivity index (χ0) is 10.4. The van der Waals surface area contributed by atoms with Crippen LogP contribution in [0.5, 0.6) is 0 Å². The van der Waals surface area contributed by atoms with Crippen molar-refractivity contribution in [2.24, 2.45) is 0 Å². The van der Waals surface area contributed by atoms with E-state index in [4.69, 9.17) is 11.6 Å². The first kappa shape index (κ1) is 11.6. The van der Waals surface area contributed by atoms with Gasteiger partial charge in [0.05, 0.1) is 11.2 Å². The van der Waals surface area contributed by atoms with E-state index in [-0.39, 0.29) is 0 Å². The summed E-state index contributed by atoms with van der Waals surface area (Å²) in [5, 5.41) is 4.60. The number of nitrogens with one attached hydrogen (secondary N) is 1. The van der Waals surface area contributed by atoms with Crippen LogP contribution in [0.4, 0.5) is 5.95 Å². The number of halogens is 1. The molecule has 5 heteroatoms. The molecule has 0 unspecified atom stereocenters. The second kappa shape index (κ2) is 6.09. The maximum Gasteiger partial charge on any atom is 0.223 e. The minimum Gasteiger partial charge on any atom is -0.354 e. The van der Waals surface area contributed by atoms with E-state index >= 15 is 0 Å². The molecular weight excluding hydrogens is 218 g/mol. The molecule has 0 fully saturated rings. The lowest BCUT2D eigenvalue weighted by Crippen LogP contribution is -2.04. The largest absolute Gasteiger partial charge is 0.354 e. The highest BCUT2D eigenvalue weighted by Gasteiger charge is 2.04. The molecule has 1 aromatic heterocycles. The summed E-state index contributed by atoms with van der Waals surface area (Å²) in [5.41, 5.74) is 0. The molecule has 1 aromatic rings. The molecular formula is C9H14ClN3S. The highest BCUT2D eigenvalue weighted by Crippen LogP contribution is 2.24. The van der Waals surface area contributed by atoms with Crippen molar-refractivity contribution >= 4 is 29.3 Å². The maximum atomic E-state index is 5.94. The monoisotopic (exact) mass is 231 g/mol. The fourth-order valence-electron chi connectivity index (χ4n) is 0.911. The van der Waals surface area contributed by atoms with Gasteiger partial charge in [0.15, 0.2) is 0 Å². The van der Waals surface area contributed by atoms with Gasteiger partial charge in [0, 0.05) is 6.54 Å². The molecule has 0 aliphatic heterocycles. The summed E-state index contributed by atoms with van der Waals surface area (Å²) in [6.07, 6.45) is 2.70. The minimum atomic E-state index is 0.624. The summed E-state index contributed by atoms with van der Waals surface area (Å²) in [6, 6.07) is 0. The average Bonchev–Trinajstić information content (AvgIpc) is 2.19. The smallest absolute Gasteiger partial charge is 0.223 e. The number of nitrogens with zero attached hydrogens (tertiary/aromatic N) is 2. The Morgan fingerprint density at radius 1 is 1.50 bits per heavy atom. The van der Waals surface area contributed by atoms with Crippen LogP contribution in [0.2, 0.25) is 5.02 Å². The second-order valence-electron chi connectivity index (χ2n) is 2.71. The molecule has 0 aliphatic carbocycles. The van der Waals surface area contributed by atoms with E-state index in [1.807, 2.05) is 0 Å². The van der Waals surface area contributed by atoms with Gasteiger partial charge in [-0.3, -0.25) is 0 Å². The first-order chi connectivity index (χ1) is 6.77. The predicted molar refractivity (Wildman–Crippen MR) is 62.2 cm³/mol. The Hall–Kier alpha value is -0.480. The predicted octanol–water partition coefficient (Wildman–Crippen LogP) is 3.06. The first-order valence-electron chi connectivity index (χ1n) is 4.67. The topological polar surface area (TPSA) is 37.8 Å². The molecule has 1 heterocycles. The summed E-state index contributed by atoms with van der Waals surface area (Å²) < 4.78 is 0. The van der Waals surface area contributed by atoms with Gasteiger partial charge in [-0.15, -0.1) is 11.8 Å². The third kappa shape index (κ3) is 3.35. The Balaban J connectivity index is 2.72. The summed E-state index contributed by atoms with van der Waals surface area (Å²) >= 11 is 7.56. The van der Waals surface area contributed by atoms with Gasteiger partial charge in [0.2, 0.25) is 5.95 Å². The summed E-state index contributed by atoms with van der Waals surface area (Å²) in [7, 11) is 0. The summed E-state index contributed by atoms with van der Waals surface area (Å²) in [5.74, 6) is 1.62. The molecule has 0 radical (unpaired) electrons. The van der Waals surface area contributed by atoms with Gasteiger partial charge in [0.1, 0.15) is 5.03 Å². The molecule has 0 saturated carbocycles. The van der Waals surface area contributed by atoms with Crippen LogP contribution in [0.3, 0.4) is 0 Å². The molecule has 0 aliphatic rings. The van der Waals surface area contributed by atoms with Crippen molar-refractivity contribution in [3.63, 3.8) is 0 Å². The molecule has 0 spiro atoms. The molecule has 1 rings (SSSR count). The lowest BCUT2D eigenvalue weighted by atomic mass is 10.5. The fraction of sp³-hybridized carbons (Fsp3) is 0.556. The number of rotatable bonds is 5. The SMILES string of the molecule is CCCNc1ncc(Cl)c(SCC)n1. The van der Waals surface area contributed by atoms with Crippen molar-refractivity contribution in [2.75, 3.05) is 17.6 Å².